The number of carbonyl (C=O) groups excluding carboxylic acids is 1. The maximum absolute atomic E-state index is 10.7. The number of hydrogen-bond donors (Lipinski definition) is 2. The third kappa shape index (κ3) is 1.53. The summed E-state index contributed by atoms with van der Waals surface area (Å²) < 4.78 is 0. The molecule has 0 radical (unpaired) electrons. The van der Waals surface area contributed by atoms with Gasteiger partial charge < -0.3 is 10.8 Å². The number of hydrazone groups is 1. The second kappa shape index (κ2) is 2.67. The van der Waals surface area contributed by atoms with Crippen molar-refractivity contribution in [1.29, 1.82) is 0 Å². The van der Waals surface area contributed by atoms with E-state index in [0.717, 1.165) is 5.01 Å². The molecule has 1 aliphatic heterocycles. The van der Waals surface area contributed by atoms with Gasteiger partial charge in [-0.05, 0) is 0 Å². The van der Waals surface area contributed by atoms with Crippen molar-refractivity contribution in [2.75, 3.05) is 6.54 Å². The topological polar surface area (TPSA) is 96.0 Å². The molecule has 1 rings (SSSR count). The summed E-state index contributed by atoms with van der Waals surface area (Å²) >= 11 is 0. The lowest BCUT2D eigenvalue weighted by atomic mass is 10.2. The summed E-state index contributed by atoms with van der Waals surface area (Å²) in [6.07, 6.45) is 0.657. The van der Waals surface area contributed by atoms with Crippen molar-refractivity contribution >= 4 is 18.1 Å². The molecule has 1 amide bonds. The molecule has 11 heavy (non-hydrogen) atoms. The Labute approximate surface area is 62.3 Å². The minimum Gasteiger partial charge on any atom is -0.477 e. The number of aliphatic carboxylic acids is 1. The molecular weight excluding hydrogens is 150 g/mol. The Bertz CT molecular complexity index is 225. The molecule has 0 aliphatic carbocycles. The Morgan fingerprint density at radius 1 is 1.91 bits per heavy atom. The van der Waals surface area contributed by atoms with E-state index in [4.69, 9.17) is 10.8 Å². The summed E-state index contributed by atoms with van der Waals surface area (Å²) in [4.78, 5) is 20.6. The molecule has 6 nitrogen and oxygen atoms in total. The summed E-state index contributed by atoms with van der Waals surface area (Å²) in [5.74, 6) is -1.53. The molecule has 1 heterocycles. The van der Waals surface area contributed by atoms with Gasteiger partial charge in [-0.3, -0.25) is 4.79 Å². The highest BCUT2D eigenvalue weighted by atomic mass is 16.4. The van der Waals surface area contributed by atoms with Gasteiger partial charge in [0.15, 0.2) is 0 Å². The number of carbonyl (C=O) groups is 2. The van der Waals surface area contributed by atoms with Gasteiger partial charge in [-0.15, -0.1) is 0 Å². The van der Waals surface area contributed by atoms with Crippen molar-refractivity contribution in [3.05, 3.63) is 0 Å². The van der Waals surface area contributed by atoms with Crippen molar-refractivity contribution in [3.8, 4) is 0 Å². The molecule has 3 N–H and O–H groups in total. The SMILES string of the molecule is N[C@H]1CN(N=CC(=O)O)C1=O. The summed E-state index contributed by atoms with van der Waals surface area (Å²) in [6.45, 7) is 0.294. The molecule has 6 heteroatoms. The summed E-state index contributed by atoms with van der Waals surface area (Å²) in [7, 11) is 0. The van der Waals surface area contributed by atoms with Crippen LogP contribution < -0.4 is 5.73 Å². The predicted octanol–water partition coefficient (Wildman–Crippen LogP) is -1.77. The minimum absolute atomic E-state index is 0.294. The van der Waals surface area contributed by atoms with Crippen LogP contribution in [0.1, 0.15) is 0 Å². The van der Waals surface area contributed by atoms with Gasteiger partial charge in [0.1, 0.15) is 12.3 Å². The van der Waals surface area contributed by atoms with Gasteiger partial charge in [0, 0.05) is 0 Å². The van der Waals surface area contributed by atoms with Crippen LogP contribution in [0.4, 0.5) is 0 Å². The van der Waals surface area contributed by atoms with Crippen molar-refractivity contribution in [1.82, 2.24) is 5.01 Å². The first-order valence-electron chi connectivity index (χ1n) is 2.95. The van der Waals surface area contributed by atoms with Crippen molar-refractivity contribution < 1.29 is 14.7 Å². The quantitative estimate of drug-likeness (QED) is 0.366. The fourth-order valence-corrected chi connectivity index (χ4v) is 0.656. The summed E-state index contributed by atoms with van der Waals surface area (Å²) in [5.41, 5.74) is 5.21. The first-order chi connectivity index (χ1) is 5.11. The van der Waals surface area contributed by atoms with Crippen LogP contribution in [0, 0.1) is 0 Å². The zero-order chi connectivity index (χ0) is 8.43. The fraction of sp³-hybridized carbons (Fsp3) is 0.400. The summed E-state index contributed by atoms with van der Waals surface area (Å²) in [5, 5.41) is 12.5. The van der Waals surface area contributed by atoms with Crippen molar-refractivity contribution in [2.45, 2.75) is 6.04 Å². The Hall–Kier alpha value is -1.43. The van der Waals surface area contributed by atoms with Crippen LogP contribution in [0.5, 0.6) is 0 Å². The molecule has 1 saturated heterocycles. The van der Waals surface area contributed by atoms with Crippen molar-refractivity contribution in [3.63, 3.8) is 0 Å². The zero-order valence-corrected chi connectivity index (χ0v) is 5.60. The van der Waals surface area contributed by atoms with Crippen LogP contribution in [0.25, 0.3) is 0 Å². The maximum atomic E-state index is 10.7. The number of β-lactam (4-membered cyclic amide) rings is 1. The molecule has 1 fully saturated rings. The Morgan fingerprint density at radius 2 is 2.55 bits per heavy atom. The smallest absolute Gasteiger partial charge is 0.348 e. The highest BCUT2D eigenvalue weighted by molar-refractivity contribution is 6.22. The first kappa shape index (κ1) is 7.67. The highest BCUT2D eigenvalue weighted by Crippen LogP contribution is 2.06. The van der Waals surface area contributed by atoms with E-state index in [1.807, 2.05) is 0 Å². The zero-order valence-electron chi connectivity index (χ0n) is 5.60. The molecule has 0 saturated carbocycles. The Morgan fingerprint density at radius 3 is 2.91 bits per heavy atom. The van der Waals surface area contributed by atoms with E-state index < -0.39 is 12.0 Å². The normalized spacial score (nSPS) is 23.9. The molecule has 1 aliphatic rings. The fourth-order valence-electron chi connectivity index (χ4n) is 0.656. The number of rotatable bonds is 2. The molecule has 60 valence electrons. The third-order valence-electron chi connectivity index (χ3n) is 1.25. The average Bonchev–Trinajstić information content (AvgIpc) is 1.96. The van der Waals surface area contributed by atoms with E-state index in [2.05, 4.69) is 5.10 Å². The second-order valence-corrected chi connectivity index (χ2v) is 2.11. The minimum atomic E-state index is -1.18. The second-order valence-electron chi connectivity index (χ2n) is 2.11. The molecule has 0 aromatic rings. The van der Waals surface area contributed by atoms with E-state index in [1.165, 1.54) is 0 Å². The number of nitrogens with two attached hydrogens (primary N) is 1. The Balaban J connectivity index is 2.42. The molecule has 1 atom stereocenters. The highest BCUT2D eigenvalue weighted by Gasteiger charge is 2.33. The van der Waals surface area contributed by atoms with Gasteiger partial charge in [-0.1, -0.05) is 0 Å². The van der Waals surface area contributed by atoms with Gasteiger partial charge in [-0.2, -0.15) is 5.10 Å². The lowest BCUT2D eigenvalue weighted by Crippen LogP contribution is -2.58. The van der Waals surface area contributed by atoms with Crippen LogP contribution in [-0.4, -0.2) is 40.8 Å². The summed E-state index contributed by atoms with van der Waals surface area (Å²) in [6, 6.07) is -0.513. The van der Waals surface area contributed by atoms with E-state index in [1.54, 1.807) is 0 Å². The first-order valence-corrected chi connectivity index (χ1v) is 2.95. The van der Waals surface area contributed by atoms with E-state index >= 15 is 0 Å². The molecule has 0 aromatic carbocycles. The molecular formula is C5H7N3O3. The van der Waals surface area contributed by atoms with Gasteiger partial charge in [0.05, 0.1) is 6.54 Å². The number of carboxylic acid groups (broad SMARTS) is 1. The van der Waals surface area contributed by atoms with Crippen LogP contribution in [0.3, 0.4) is 0 Å². The van der Waals surface area contributed by atoms with E-state index in [-0.39, 0.29) is 5.91 Å². The lowest BCUT2D eigenvalue weighted by molar-refractivity contribution is -0.142. The molecule has 0 unspecified atom stereocenters. The van der Waals surface area contributed by atoms with Gasteiger partial charge in [-0.25, -0.2) is 9.80 Å². The van der Waals surface area contributed by atoms with Crippen LogP contribution in [-0.2, 0) is 9.59 Å². The third-order valence-corrected chi connectivity index (χ3v) is 1.25. The van der Waals surface area contributed by atoms with Crippen molar-refractivity contribution in [2.24, 2.45) is 10.8 Å². The van der Waals surface area contributed by atoms with E-state index in [9.17, 15) is 9.59 Å². The van der Waals surface area contributed by atoms with Gasteiger partial charge in [0.25, 0.3) is 5.91 Å². The molecule has 0 spiro atoms. The van der Waals surface area contributed by atoms with Crippen LogP contribution >= 0.6 is 0 Å². The molecule has 0 bridgehead atoms. The van der Waals surface area contributed by atoms with Gasteiger partial charge in [0.2, 0.25) is 0 Å². The van der Waals surface area contributed by atoms with Gasteiger partial charge >= 0.3 is 5.97 Å². The Kier molecular flexibility index (Phi) is 1.86. The number of amides is 1. The monoisotopic (exact) mass is 157 g/mol. The lowest BCUT2D eigenvalue weighted by Gasteiger charge is -2.30. The molecule has 0 aromatic heterocycles. The number of hydrogen-bond acceptors (Lipinski definition) is 4. The predicted molar refractivity (Wildman–Crippen MR) is 35.8 cm³/mol. The number of nitrogens with zero attached hydrogens (tertiary/aromatic N) is 2. The number of carboxylic acids is 1. The largest absolute Gasteiger partial charge is 0.477 e. The standard InChI is InChI=1S/C5H7N3O3/c6-3-2-8(5(3)11)7-1-4(9)10/h1,3H,2,6H2,(H,9,10)/t3-/m0/s1. The van der Waals surface area contributed by atoms with Crippen LogP contribution in [0.15, 0.2) is 5.10 Å². The maximum Gasteiger partial charge on any atom is 0.348 e. The van der Waals surface area contributed by atoms with E-state index in [0.29, 0.717) is 12.8 Å². The van der Waals surface area contributed by atoms with Crippen LogP contribution in [0.2, 0.25) is 0 Å². The average molecular weight is 157 g/mol.